The molecule has 0 aromatic heterocycles. The van der Waals surface area contributed by atoms with Crippen LogP contribution in [-0.2, 0) is 0 Å². The highest BCUT2D eigenvalue weighted by atomic mass is 79.9. The van der Waals surface area contributed by atoms with Crippen molar-refractivity contribution < 1.29 is 9.66 Å². The van der Waals surface area contributed by atoms with Gasteiger partial charge in [-0.1, -0.05) is 6.07 Å². The molecule has 1 unspecified atom stereocenters. The van der Waals surface area contributed by atoms with Gasteiger partial charge in [0.1, 0.15) is 11.5 Å². The molecule has 21 heavy (non-hydrogen) atoms. The Kier molecular flexibility index (Phi) is 4.93. The maximum atomic E-state index is 10.6. The summed E-state index contributed by atoms with van der Waals surface area (Å²) in [5.74, 6) is 1.21. The van der Waals surface area contributed by atoms with E-state index in [1.165, 1.54) is 12.1 Å². The molecule has 2 aromatic carbocycles. The summed E-state index contributed by atoms with van der Waals surface area (Å²) in [7, 11) is 1.90. The standard InChI is InChI=1S/C15H15BrN2O3/c1-10(17-2)11-3-8-15(14(16)9-11)21-13-6-4-12(5-7-13)18(19)20/h3-10,17H,1-2H3. The van der Waals surface area contributed by atoms with Gasteiger partial charge in [-0.05, 0) is 59.7 Å². The van der Waals surface area contributed by atoms with Gasteiger partial charge in [0.05, 0.1) is 9.40 Å². The van der Waals surface area contributed by atoms with Crippen LogP contribution >= 0.6 is 15.9 Å². The molecule has 0 aliphatic heterocycles. The average molecular weight is 351 g/mol. The quantitative estimate of drug-likeness (QED) is 0.639. The van der Waals surface area contributed by atoms with Crippen molar-refractivity contribution in [2.45, 2.75) is 13.0 Å². The van der Waals surface area contributed by atoms with Crippen molar-refractivity contribution in [3.63, 3.8) is 0 Å². The molecule has 0 bridgehead atoms. The van der Waals surface area contributed by atoms with E-state index in [9.17, 15) is 10.1 Å². The van der Waals surface area contributed by atoms with Gasteiger partial charge in [-0.2, -0.15) is 0 Å². The Bertz CT molecular complexity index is 644. The second kappa shape index (κ2) is 6.69. The Hall–Kier alpha value is -1.92. The van der Waals surface area contributed by atoms with E-state index in [1.54, 1.807) is 12.1 Å². The number of rotatable bonds is 5. The van der Waals surface area contributed by atoms with Crippen LogP contribution in [0.1, 0.15) is 18.5 Å². The Morgan fingerprint density at radius 1 is 1.24 bits per heavy atom. The maximum absolute atomic E-state index is 10.6. The van der Waals surface area contributed by atoms with Crippen molar-refractivity contribution in [3.8, 4) is 11.5 Å². The zero-order valence-electron chi connectivity index (χ0n) is 11.7. The number of hydrogen-bond acceptors (Lipinski definition) is 4. The first-order chi connectivity index (χ1) is 10.0. The summed E-state index contributed by atoms with van der Waals surface area (Å²) < 4.78 is 6.56. The number of nitro benzene ring substituents is 1. The molecule has 0 spiro atoms. The smallest absolute Gasteiger partial charge is 0.269 e. The van der Waals surface area contributed by atoms with Gasteiger partial charge in [-0.15, -0.1) is 0 Å². The molecule has 0 amide bonds. The first-order valence-corrected chi connectivity index (χ1v) is 7.19. The van der Waals surface area contributed by atoms with Crippen LogP contribution in [0.2, 0.25) is 0 Å². The number of benzene rings is 2. The fraction of sp³-hybridized carbons (Fsp3) is 0.200. The second-order valence-corrected chi connectivity index (χ2v) is 5.41. The Morgan fingerprint density at radius 2 is 1.90 bits per heavy atom. The molecule has 0 aliphatic rings. The summed E-state index contributed by atoms with van der Waals surface area (Å²) in [6.45, 7) is 2.07. The Morgan fingerprint density at radius 3 is 2.43 bits per heavy atom. The highest BCUT2D eigenvalue weighted by molar-refractivity contribution is 9.10. The number of nitro groups is 1. The number of non-ortho nitro benzene ring substituents is 1. The third kappa shape index (κ3) is 3.80. The molecule has 0 heterocycles. The van der Waals surface area contributed by atoms with Crippen molar-refractivity contribution in [2.24, 2.45) is 0 Å². The van der Waals surface area contributed by atoms with E-state index in [4.69, 9.17) is 4.74 Å². The predicted molar refractivity (Wildman–Crippen MR) is 84.8 cm³/mol. The third-order valence-electron chi connectivity index (χ3n) is 3.16. The van der Waals surface area contributed by atoms with Gasteiger partial charge in [0.2, 0.25) is 0 Å². The van der Waals surface area contributed by atoms with Crippen LogP contribution in [0.3, 0.4) is 0 Å². The number of hydrogen-bond donors (Lipinski definition) is 1. The lowest BCUT2D eigenvalue weighted by Gasteiger charge is -2.13. The molecular weight excluding hydrogens is 336 g/mol. The zero-order chi connectivity index (χ0) is 15.4. The monoisotopic (exact) mass is 350 g/mol. The minimum Gasteiger partial charge on any atom is -0.456 e. The first kappa shape index (κ1) is 15.5. The lowest BCUT2D eigenvalue weighted by atomic mass is 10.1. The van der Waals surface area contributed by atoms with E-state index in [1.807, 2.05) is 25.2 Å². The van der Waals surface area contributed by atoms with Crippen LogP contribution in [0.4, 0.5) is 5.69 Å². The molecule has 110 valence electrons. The average Bonchev–Trinajstić information content (AvgIpc) is 2.49. The van der Waals surface area contributed by atoms with Crippen LogP contribution in [0, 0.1) is 10.1 Å². The molecule has 0 saturated carbocycles. The summed E-state index contributed by atoms with van der Waals surface area (Å²) in [5, 5.41) is 13.8. The molecule has 5 nitrogen and oxygen atoms in total. The molecule has 0 aliphatic carbocycles. The molecule has 0 fully saturated rings. The SMILES string of the molecule is CNC(C)c1ccc(Oc2ccc([N+](=O)[O-])cc2)c(Br)c1. The molecule has 6 heteroatoms. The van der Waals surface area contributed by atoms with Gasteiger partial charge < -0.3 is 10.1 Å². The summed E-state index contributed by atoms with van der Waals surface area (Å²) in [6.07, 6.45) is 0. The zero-order valence-corrected chi connectivity index (χ0v) is 13.3. The van der Waals surface area contributed by atoms with Crippen LogP contribution in [0.15, 0.2) is 46.9 Å². The molecular formula is C15H15BrN2O3. The van der Waals surface area contributed by atoms with E-state index in [-0.39, 0.29) is 11.7 Å². The first-order valence-electron chi connectivity index (χ1n) is 6.40. The minimum absolute atomic E-state index is 0.0413. The predicted octanol–water partition coefficient (Wildman–Crippen LogP) is 4.43. The fourth-order valence-corrected chi connectivity index (χ4v) is 2.28. The normalized spacial score (nSPS) is 12.0. The van der Waals surface area contributed by atoms with Crippen molar-refractivity contribution in [3.05, 3.63) is 62.6 Å². The summed E-state index contributed by atoms with van der Waals surface area (Å²) >= 11 is 3.48. The molecule has 0 saturated heterocycles. The van der Waals surface area contributed by atoms with Gasteiger partial charge >= 0.3 is 0 Å². The summed E-state index contributed by atoms with van der Waals surface area (Å²) in [6, 6.07) is 12.1. The van der Waals surface area contributed by atoms with Crippen molar-refractivity contribution in [2.75, 3.05) is 7.05 Å². The van der Waals surface area contributed by atoms with Crippen LogP contribution in [0.25, 0.3) is 0 Å². The lowest BCUT2D eigenvalue weighted by Crippen LogP contribution is -2.12. The molecule has 1 atom stereocenters. The lowest BCUT2D eigenvalue weighted by molar-refractivity contribution is -0.384. The van der Waals surface area contributed by atoms with Crippen molar-refractivity contribution >= 4 is 21.6 Å². The Balaban J connectivity index is 2.17. The van der Waals surface area contributed by atoms with E-state index in [0.717, 1.165) is 10.0 Å². The molecule has 1 N–H and O–H groups in total. The van der Waals surface area contributed by atoms with Crippen molar-refractivity contribution in [1.82, 2.24) is 5.32 Å². The van der Waals surface area contributed by atoms with Gasteiger partial charge in [0, 0.05) is 18.2 Å². The number of nitrogens with zero attached hydrogens (tertiary/aromatic N) is 1. The van der Waals surface area contributed by atoms with E-state index in [0.29, 0.717) is 11.5 Å². The highest BCUT2D eigenvalue weighted by Gasteiger charge is 2.09. The van der Waals surface area contributed by atoms with Gasteiger partial charge in [-0.3, -0.25) is 10.1 Å². The van der Waals surface area contributed by atoms with Crippen molar-refractivity contribution in [1.29, 1.82) is 0 Å². The summed E-state index contributed by atoms with van der Waals surface area (Å²) in [4.78, 5) is 10.2. The number of ether oxygens (including phenoxy) is 1. The van der Waals surface area contributed by atoms with Crippen LogP contribution in [-0.4, -0.2) is 12.0 Å². The van der Waals surface area contributed by atoms with Crippen LogP contribution < -0.4 is 10.1 Å². The van der Waals surface area contributed by atoms with Crippen LogP contribution in [0.5, 0.6) is 11.5 Å². The van der Waals surface area contributed by atoms with E-state index >= 15 is 0 Å². The third-order valence-corrected chi connectivity index (χ3v) is 3.78. The van der Waals surface area contributed by atoms with Gasteiger partial charge in [0.25, 0.3) is 5.69 Å². The van der Waals surface area contributed by atoms with E-state index < -0.39 is 4.92 Å². The van der Waals surface area contributed by atoms with Gasteiger partial charge in [0.15, 0.2) is 0 Å². The second-order valence-electron chi connectivity index (χ2n) is 4.55. The molecule has 0 radical (unpaired) electrons. The van der Waals surface area contributed by atoms with Gasteiger partial charge in [-0.25, -0.2) is 0 Å². The highest BCUT2D eigenvalue weighted by Crippen LogP contribution is 2.32. The molecule has 2 aromatic rings. The minimum atomic E-state index is -0.437. The topological polar surface area (TPSA) is 64.4 Å². The number of nitrogens with one attached hydrogen (secondary N) is 1. The number of halogens is 1. The maximum Gasteiger partial charge on any atom is 0.269 e. The fourth-order valence-electron chi connectivity index (χ4n) is 1.80. The Labute approximate surface area is 131 Å². The van der Waals surface area contributed by atoms with E-state index in [2.05, 4.69) is 28.2 Å². The summed E-state index contributed by atoms with van der Waals surface area (Å²) in [5.41, 5.74) is 1.18. The largest absolute Gasteiger partial charge is 0.456 e. The molecule has 2 rings (SSSR count).